The number of halogens is 1. The summed E-state index contributed by atoms with van der Waals surface area (Å²) in [6.45, 7) is 0.599. The van der Waals surface area contributed by atoms with Gasteiger partial charge in [0.25, 0.3) is 0 Å². The van der Waals surface area contributed by atoms with Crippen LogP contribution in [0.3, 0.4) is 0 Å². The van der Waals surface area contributed by atoms with E-state index in [4.69, 9.17) is 10.7 Å². The smallest absolute Gasteiger partial charge is 0.194 e. The van der Waals surface area contributed by atoms with Crippen LogP contribution >= 0.6 is 27.3 Å². The fourth-order valence-corrected chi connectivity index (χ4v) is 4.11. The number of hydrogen-bond donors (Lipinski definition) is 1. The van der Waals surface area contributed by atoms with E-state index in [9.17, 15) is 0 Å². The number of fused-ring (bicyclic) bond motifs is 1. The van der Waals surface area contributed by atoms with Crippen LogP contribution in [0.1, 0.15) is 5.69 Å². The Hall–Kier alpha value is -1.95. The summed E-state index contributed by atoms with van der Waals surface area (Å²) in [6, 6.07) is 18.7. The van der Waals surface area contributed by atoms with E-state index in [1.54, 1.807) is 11.3 Å². The Bertz CT molecular complexity index is 971. The highest BCUT2D eigenvalue weighted by Gasteiger charge is 2.18. The molecule has 5 heteroatoms. The Morgan fingerprint density at radius 2 is 1.75 bits per heavy atom. The zero-order valence-electron chi connectivity index (χ0n) is 12.9. The Labute approximate surface area is 152 Å². The van der Waals surface area contributed by atoms with Gasteiger partial charge in [-0.05, 0) is 24.2 Å². The lowest BCUT2D eigenvalue weighted by molar-refractivity contribution is 0.914. The molecule has 0 spiro atoms. The number of nitrogens with zero attached hydrogens (tertiary/aromatic N) is 2. The fourth-order valence-electron chi connectivity index (χ4n) is 2.93. The molecule has 3 nitrogen and oxygen atoms in total. The molecule has 2 aromatic heterocycles. The van der Waals surface area contributed by atoms with Crippen LogP contribution in [0.4, 0.5) is 0 Å². The summed E-state index contributed by atoms with van der Waals surface area (Å²) in [5.74, 6) is 0. The molecule has 0 saturated carbocycles. The van der Waals surface area contributed by atoms with E-state index in [2.05, 4.69) is 62.1 Å². The molecule has 120 valence electrons. The molecule has 24 heavy (non-hydrogen) atoms. The number of rotatable bonds is 4. The lowest BCUT2D eigenvalue weighted by Gasteiger charge is -2.07. The second-order valence-corrected chi connectivity index (χ2v) is 7.31. The third-order valence-corrected chi connectivity index (χ3v) is 5.38. The predicted octanol–water partition coefficient (Wildman–Crippen LogP) is 4.99. The maximum absolute atomic E-state index is 5.89. The highest BCUT2D eigenvalue weighted by molar-refractivity contribution is 9.10. The van der Waals surface area contributed by atoms with Crippen LogP contribution in [0.15, 0.2) is 64.5 Å². The summed E-state index contributed by atoms with van der Waals surface area (Å²) >= 11 is 5.16. The van der Waals surface area contributed by atoms with Gasteiger partial charge in [0.15, 0.2) is 4.96 Å². The second kappa shape index (κ2) is 6.51. The van der Waals surface area contributed by atoms with E-state index in [0.29, 0.717) is 6.54 Å². The first-order chi connectivity index (χ1) is 11.8. The van der Waals surface area contributed by atoms with Crippen LogP contribution in [-0.4, -0.2) is 15.9 Å². The van der Waals surface area contributed by atoms with Crippen LogP contribution in [0.2, 0.25) is 0 Å². The van der Waals surface area contributed by atoms with Gasteiger partial charge in [-0.25, -0.2) is 4.98 Å². The van der Waals surface area contributed by atoms with E-state index < -0.39 is 0 Å². The van der Waals surface area contributed by atoms with Gasteiger partial charge in [-0.15, -0.1) is 11.3 Å². The average Bonchev–Trinajstić information content (AvgIpc) is 3.17. The fraction of sp³-hybridized carbons (Fsp3) is 0.105. The van der Waals surface area contributed by atoms with Crippen molar-refractivity contribution in [2.75, 3.05) is 6.54 Å². The van der Waals surface area contributed by atoms with Crippen LogP contribution < -0.4 is 5.73 Å². The molecular formula is C19H16BrN3S. The van der Waals surface area contributed by atoms with Gasteiger partial charge in [-0.2, -0.15) is 0 Å². The van der Waals surface area contributed by atoms with E-state index in [0.717, 1.165) is 27.1 Å². The molecule has 2 aromatic carbocycles. The van der Waals surface area contributed by atoms with Gasteiger partial charge >= 0.3 is 0 Å². The lowest BCUT2D eigenvalue weighted by atomic mass is 10.1. The Balaban J connectivity index is 1.94. The maximum Gasteiger partial charge on any atom is 0.194 e. The summed E-state index contributed by atoms with van der Waals surface area (Å²) in [4.78, 5) is 5.90. The second-order valence-electron chi connectivity index (χ2n) is 5.56. The van der Waals surface area contributed by atoms with Crippen LogP contribution in [-0.2, 0) is 6.42 Å². The monoisotopic (exact) mass is 397 g/mol. The molecule has 0 radical (unpaired) electrons. The van der Waals surface area contributed by atoms with Crippen LogP contribution in [0.5, 0.6) is 0 Å². The molecule has 4 aromatic rings. The minimum Gasteiger partial charge on any atom is -0.330 e. The number of nitrogens with two attached hydrogens (primary N) is 1. The molecule has 0 amide bonds. The molecule has 0 aliphatic heterocycles. The minimum atomic E-state index is 0.599. The van der Waals surface area contributed by atoms with Crippen molar-refractivity contribution in [2.24, 2.45) is 5.73 Å². The Morgan fingerprint density at radius 3 is 2.46 bits per heavy atom. The first kappa shape index (κ1) is 15.6. The van der Waals surface area contributed by atoms with Crippen molar-refractivity contribution in [1.29, 1.82) is 0 Å². The third kappa shape index (κ3) is 2.69. The Kier molecular flexibility index (Phi) is 4.22. The molecule has 2 heterocycles. The highest BCUT2D eigenvalue weighted by atomic mass is 79.9. The lowest BCUT2D eigenvalue weighted by Crippen LogP contribution is -2.06. The molecular weight excluding hydrogens is 382 g/mol. The van der Waals surface area contributed by atoms with Crippen molar-refractivity contribution in [3.63, 3.8) is 0 Å². The summed E-state index contributed by atoms with van der Waals surface area (Å²) in [6.07, 6.45) is 0.795. The van der Waals surface area contributed by atoms with Gasteiger partial charge in [0.1, 0.15) is 0 Å². The largest absolute Gasteiger partial charge is 0.330 e. The normalized spacial score (nSPS) is 11.2. The number of imidazole rings is 1. The van der Waals surface area contributed by atoms with Crippen molar-refractivity contribution < 1.29 is 0 Å². The maximum atomic E-state index is 5.89. The van der Waals surface area contributed by atoms with Gasteiger partial charge in [0, 0.05) is 21.8 Å². The zero-order chi connectivity index (χ0) is 16.5. The van der Waals surface area contributed by atoms with Crippen molar-refractivity contribution >= 4 is 32.2 Å². The topological polar surface area (TPSA) is 43.3 Å². The zero-order valence-corrected chi connectivity index (χ0v) is 15.3. The minimum absolute atomic E-state index is 0.599. The number of hydrogen-bond acceptors (Lipinski definition) is 3. The summed E-state index contributed by atoms with van der Waals surface area (Å²) in [5, 5.41) is 2.17. The Morgan fingerprint density at radius 1 is 1.00 bits per heavy atom. The molecule has 4 rings (SSSR count). The third-order valence-electron chi connectivity index (χ3n) is 4.03. The molecule has 0 aliphatic carbocycles. The first-order valence-electron chi connectivity index (χ1n) is 7.78. The molecule has 0 atom stereocenters. The molecule has 0 saturated heterocycles. The number of benzene rings is 2. The van der Waals surface area contributed by atoms with Gasteiger partial charge < -0.3 is 5.73 Å². The number of aromatic nitrogens is 2. The van der Waals surface area contributed by atoms with E-state index in [1.807, 2.05) is 18.2 Å². The molecule has 0 aliphatic rings. The van der Waals surface area contributed by atoms with Crippen molar-refractivity contribution in [3.05, 3.63) is 70.1 Å². The van der Waals surface area contributed by atoms with Crippen LogP contribution in [0, 0.1) is 0 Å². The molecule has 0 fully saturated rings. The summed E-state index contributed by atoms with van der Waals surface area (Å²) in [7, 11) is 0. The van der Waals surface area contributed by atoms with Gasteiger partial charge in [-0.3, -0.25) is 4.40 Å². The number of thiazole rings is 1. The van der Waals surface area contributed by atoms with E-state index >= 15 is 0 Å². The standard InChI is InChI=1S/C19H16BrN3S/c20-15-8-6-14(7-9-15)18-16(10-11-21)23-17(12-24-19(23)22-18)13-4-2-1-3-5-13/h1-9,12H,10-11,21H2. The van der Waals surface area contributed by atoms with Crippen molar-refractivity contribution in [2.45, 2.75) is 6.42 Å². The predicted molar refractivity (Wildman–Crippen MR) is 104 cm³/mol. The van der Waals surface area contributed by atoms with Crippen molar-refractivity contribution in [3.8, 4) is 22.5 Å². The van der Waals surface area contributed by atoms with Crippen LogP contribution in [0.25, 0.3) is 27.5 Å². The summed E-state index contributed by atoms with van der Waals surface area (Å²) < 4.78 is 3.32. The first-order valence-corrected chi connectivity index (χ1v) is 9.45. The molecule has 0 bridgehead atoms. The van der Waals surface area contributed by atoms with Gasteiger partial charge in [0.05, 0.1) is 17.1 Å². The van der Waals surface area contributed by atoms with E-state index in [1.165, 1.54) is 17.0 Å². The van der Waals surface area contributed by atoms with Crippen molar-refractivity contribution in [1.82, 2.24) is 9.38 Å². The molecule has 2 N–H and O–H groups in total. The molecule has 0 unspecified atom stereocenters. The van der Waals surface area contributed by atoms with Gasteiger partial charge in [0.2, 0.25) is 0 Å². The van der Waals surface area contributed by atoms with E-state index in [-0.39, 0.29) is 0 Å². The average molecular weight is 398 g/mol. The SMILES string of the molecule is NCCc1c(-c2ccc(Br)cc2)nc2scc(-c3ccccc3)n12. The highest BCUT2D eigenvalue weighted by Crippen LogP contribution is 2.33. The summed E-state index contributed by atoms with van der Waals surface area (Å²) in [5.41, 5.74) is 11.6. The quantitative estimate of drug-likeness (QED) is 0.526. The van der Waals surface area contributed by atoms with Gasteiger partial charge in [-0.1, -0.05) is 58.4 Å².